The minimum absolute atomic E-state index is 0.917. The molecule has 0 aromatic heterocycles. The van der Waals surface area contributed by atoms with Gasteiger partial charge in [0.15, 0.2) is 0 Å². The van der Waals surface area contributed by atoms with E-state index < -0.39 is 5.41 Å². The molecule has 0 atom stereocenters. The van der Waals surface area contributed by atoms with Gasteiger partial charge in [-0.05, 0) is 13.8 Å². The molecule has 7 heavy (non-hydrogen) atoms. The lowest BCUT2D eigenvalue weighted by Crippen LogP contribution is -2.07. The Morgan fingerprint density at radius 3 is 2.00 bits per heavy atom. The van der Waals surface area contributed by atoms with Crippen molar-refractivity contribution in [1.82, 2.24) is 0 Å². The van der Waals surface area contributed by atoms with E-state index in [1.807, 2.05) is 0 Å². The summed E-state index contributed by atoms with van der Waals surface area (Å²) in [5, 5.41) is 8.08. The molecule has 0 rings (SSSR count). The maximum absolute atomic E-state index is 9.71. The van der Waals surface area contributed by atoms with Gasteiger partial charge >= 0.3 is 0 Å². The van der Waals surface area contributed by atoms with Crippen LogP contribution in [0.2, 0.25) is 0 Å². The lowest BCUT2D eigenvalue weighted by atomic mass is 9.99. The van der Waals surface area contributed by atoms with E-state index in [0.29, 0.717) is 0 Å². The molecule has 0 spiro atoms. The van der Waals surface area contributed by atoms with Gasteiger partial charge in [0.1, 0.15) is 5.41 Å². The summed E-state index contributed by atoms with van der Waals surface area (Å²) in [5.41, 5.74) is -0.917. The first kappa shape index (κ1) is 6.16. The van der Waals surface area contributed by atoms with Crippen LogP contribution in [0, 0.1) is 16.7 Å². The van der Waals surface area contributed by atoms with E-state index in [2.05, 4.69) is 0 Å². The van der Waals surface area contributed by atoms with E-state index in [4.69, 9.17) is 5.26 Å². The van der Waals surface area contributed by atoms with Crippen LogP contribution >= 0.6 is 0 Å². The van der Waals surface area contributed by atoms with E-state index in [9.17, 15) is 4.79 Å². The molecule has 37 valence electrons. The predicted molar refractivity (Wildman–Crippen MR) is 25.1 cm³/mol. The third-order valence-electron chi connectivity index (χ3n) is 0.535. The smallest absolute Gasteiger partial charge is 0.219 e. The van der Waals surface area contributed by atoms with Gasteiger partial charge in [-0.25, -0.2) is 0 Å². The molecule has 0 aromatic rings. The van der Waals surface area contributed by atoms with Crippen molar-refractivity contribution in [2.24, 2.45) is 5.41 Å². The molecule has 0 saturated carbocycles. The van der Waals surface area contributed by atoms with Crippen LogP contribution in [0.15, 0.2) is 0 Å². The van der Waals surface area contributed by atoms with Crippen molar-refractivity contribution in [1.29, 1.82) is 5.26 Å². The van der Waals surface area contributed by atoms with Gasteiger partial charge in [0.25, 0.3) is 0 Å². The molecule has 0 aromatic carbocycles. The van der Waals surface area contributed by atoms with Crippen LogP contribution in [0.4, 0.5) is 0 Å². The fraction of sp³-hybridized carbons (Fsp3) is 0.600. The van der Waals surface area contributed by atoms with Crippen molar-refractivity contribution in [3.63, 3.8) is 0 Å². The summed E-state index contributed by atoms with van der Waals surface area (Å²) in [4.78, 5) is 9.71. The first-order chi connectivity index (χ1) is 3.12. The average molecular weight is 96.1 g/mol. The molecule has 2 heteroatoms. The summed E-state index contributed by atoms with van der Waals surface area (Å²) in [6.07, 6.45) is 1.58. The number of hydrogen-bond donors (Lipinski definition) is 0. The molecule has 0 aliphatic rings. The second-order valence-corrected chi connectivity index (χ2v) is 1.84. The highest BCUT2D eigenvalue weighted by Crippen LogP contribution is 2.06. The maximum Gasteiger partial charge on any atom is 0.219 e. The standard InChI is InChI=1S/C5H6NO/c1-5(2,3-6)4-7/h1-2H3. The normalized spacial score (nSPS) is 9.86. The zero-order valence-electron chi connectivity index (χ0n) is 4.36. The summed E-state index contributed by atoms with van der Waals surface area (Å²) in [7, 11) is 0. The van der Waals surface area contributed by atoms with Crippen LogP contribution < -0.4 is 0 Å². The topological polar surface area (TPSA) is 40.9 Å². The van der Waals surface area contributed by atoms with E-state index in [1.54, 1.807) is 12.4 Å². The molecule has 0 unspecified atom stereocenters. The molecule has 2 nitrogen and oxygen atoms in total. The van der Waals surface area contributed by atoms with E-state index in [1.165, 1.54) is 13.8 Å². The van der Waals surface area contributed by atoms with Crippen LogP contribution in [-0.2, 0) is 4.79 Å². The van der Waals surface area contributed by atoms with E-state index in [0.717, 1.165) is 0 Å². The first-order valence-corrected chi connectivity index (χ1v) is 1.93. The molecule has 0 saturated heterocycles. The number of carbonyl (C=O) groups excluding carboxylic acids is 1. The minimum Gasteiger partial charge on any atom is -0.289 e. The summed E-state index contributed by atoms with van der Waals surface area (Å²) < 4.78 is 0. The predicted octanol–water partition coefficient (Wildman–Crippen LogP) is 0.646. The van der Waals surface area contributed by atoms with Crippen molar-refractivity contribution in [2.45, 2.75) is 13.8 Å². The molecule has 0 aliphatic heterocycles. The van der Waals surface area contributed by atoms with Crippen molar-refractivity contribution in [3.8, 4) is 6.07 Å². The molecule has 0 heterocycles. The highest BCUT2D eigenvalue weighted by atomic mass is 16.1. The molecular formula is C5H6NO. The van der Waals surface area contributed by atoms with Gasteiger partial charge in [-0.3, -0.25) is 4.79 Å². The Morgan fingerprint density at radius 1 is 1.57 bits per heavy atom. The number of hydrogen-bond acceptors (Lipinski definition) is 2. The van der Waals surface area contributed by atoms with E-state index >= 15 is 0 Å². The second kappa shape index (κ2) is 1.74. The molecule has 0 fully saturated rings. The van der Waals surface area contributed by atoms with Gasteiger partial charge in [0.05, 0.1) is 6.07 Å². The molecule has 1 radical (unpaired) electrons. The SMILES string of the molecule is CC(C)([C]=O)C#N. The quantitative estimate of drug-likeness (QED) is 0.480. The van der Waals surface area contributed by atoms with Crippen LogP contribution in [0.25, 0.3) is 0 Å². The Kier molecular flexibility index (Phi) is 1.53. The van der Waals surface area contributed by atoms with Gasteiger partial charge < -0.3 is 0 Å². The zero-order valence-corrected chi connectivity index (χ0v) is 4.36. The first-order valence-electron chi connectivity index (χ1n) is 1.93. The maximum atomic E-state index is 9.71. The summed E-state index contributed by atoms with van der Waals surface area (Å²) in [6.45, 7) is 3.03. The Labute approximate surface area is 42.8 Å². The van der Waals surface area contributed by atoms with Crippen LogP contribution in [0.3, 0.4) is 0 Å². The van der Waals surface area contributed by atoms with Crippen molar-refractivity contribution in [3.05, 3.63) is 0 Å². The van der Waals surface area contributed by atoms with Gasteiger partial charge in [-0.15, -0.1) is 0 Å². The molecule has 0 amide bonds. The lowest BCUT2D eigenvalue weighted by Gasteiger charge is -1.98. The largest absolute Gasteiger partial charge is 0.289 e. The Bertz CT molecular complexity index is 110. The molecule has 0 N–H and O–H groups in total. The number of rotatable bonds is 1. The lowest BCUT2D eigenvalue weighted by molar-refractivity contribution is 0.510. The minimum atomic E-state index is -0.917. The second-order valence-electron chi connectivity index (χ2n) is 1.84. The van der Waals surface area contributed by atoms with Crippen LogP contribution in [-0.4, -0.2) is 6.29 Å². The van der Waals surface area contributed by atoms with E-state index in [-0.39, 0.29) is 0 Å². The molecule has 0 aliphatic carbocycles. The fourth-order valence-corrected chi connectivity index (χ4v) is 0.0228. The molecular weight excluding hydrogens is 90.1 g/mol. The van der Waals surface area contributed by atoms with Gasteiger partial charge in [-0.2, -0.15) is 5.26 Å². The van der Waals surface area contributed by atoms with Crippen molar-refractivity contribution in [2.75, 3.05) is 0 Å². The Hall–Kier alpha value is -0.840. The Balaban J connectivity index is 3.91. The monoisotopic (exact) mass is 96.0 g/mol. The fourth-order valence-electron chi connectivity index (χ4n) is 0.0228. The third kappa shape index (κ3) is 1.94. The van der Waals surface area contributed by atoms with Crippen LogP contribution in [0.1, 0.15) is 13.8 Å². The number of nitriles is 1. The van der Waals surface area contributed by atoms with Crippen molar-refractivity contribution < 1.29 is 4.79 Å². The Morgan fingerprint density at radius 2 is 2.00 bits per heavy atom. The highest BCUT2D eigenvalue weighted by molar-refractivity contribution is 5.62. The van der Waals surface area contributed by atoms with Gasteiger partial charge in [0, 0.05) is 0 Å². The third-order valence-corrected chi connectivity index (χ3v) is 0.535. The zero-order chi connectivity index (χ0) is 5.91. The summed E-state index contributed by atoms with van der Waals surface area (Å²) in [5.74, 6) is 0. The summed E-state index contributed by atoms with van der Waals surface area (Å²) >= 11 is 0. The van der Waals surface area contributed by atoms with Crippen LogP contribution in [0.5, 0.6) is 0 Å². The number of nitrogens with zero attached hydrogens (tertiary/aromatic N) is 1. The highest BCUT2D eigenvalue weighted by Gasteiger charge is 2.14. The molecule has 0 bridgehead atoms. The average Bonchev–Trinajstić information content (AvgIpc) is 1.68. The van der Waals surface area contributed by atoms with Gasteiger partial charge in [-0.1, -0.05) is 0 Å². The van der Waals surface area contributed by atoms with Gasteiger partial charge in [0.2, 0.25) is 6.29 Å². The van der Waals surface area contributed by atoms with Crippen molar-refractivity contribution >= 4 is 6.29 Å². The summed E-state index contributed by atoms with van der Waals surface area (Å²) in [6, 6.07) is 1.77.